The number of pyridine rings is 2. The summed E-state index contributed by atoms with van der Waals surface area (Å²) < 4.78 is 11.8. The molecule has 3 aromatic heterocycles. The molecule has 0 aliphatic heterocycles. The van der Waals surface area contributed by atoms with E-state index < -0.39 is 0 Å². The van der Waals surface area contributed by atoms with Crippen molar-refractivity contribution in [1.82, 2.24) is 35.7 Å². The third-order valence-corrected chi connectivity index (χ3v) is 6.32. The van der Waals surface area contributed by atoms with Crippen LogP contribution in [-0.2, 0) is 19.1 Å². The second-order valence-electron chi connectivity index (χ2n) is 11.0. The van der Waals surface area contributed by atoms with Gasteiger partial charge in [-0.2, -0.15) is 0 Å². The maximum absolute atomic E-state index is 12.3. The first-order valence-electron chi connectivity index (χ1n) is 14.1. The quantitative estimate of drug-likeness (QED) is 0.200. The minimum atomic E-state index is -0.375. The molecule has 13 heteroatoms. The van der Waals surface area contributed by atoms with Crippen LogP contribution in [0.4, 0.5) is 5.69 Å². The zero-order valence-electron chi connectivity index (χ0n) is 24.8. The van der Waals surface area contributed by atoms with Crippen molar-refractivity contribution < 1.29 is 19.1 Å². The van der Waals surface area contributed by atoms with Crippen LogP contribution >= 0.6 is 0 Å². The van der Waals surface area contributed by atoms with Crippen molar-refractivity contribution in [3.63, 3.8) is 0 Å². The van der Waals surface area contributed by atoms with Gasteiger partial charge in [0, 0.05) is 25.6 Å². The fourth-order valence-corrected chi connectivity index (χ4v) is 3.83. The molecule has 0 spiro atoms. The molecule has 0 aliphatic rings. The second kappa shape index (κ2) is 15.9. The lowest BCUT2D eigenvalue weighted by atomic mass is 10.0. The van der Waals surface area contributed by atoms with E-state index in [4.69, 9.17) is 15.2 Å². The summed E-state index contributed by atoms with van der Waals surface area (Å²) in [6.45, 7) is 9.99. The van der Waals surface area contributed by atoms with Crippen molar-refractivity contribution in [2.75, 3.05) is 31.6 Å². The Morgan fingerprint density at radius 2 is 1.45 bits per heavy atom. The van der Waals surface area contributed by atoms with Crippen LogP contribution in [0.1, 0.15) is 59.8 Å². The molecule has 226 valence electrons. The normalized spacial score (nSPS) is 11.7. The first-order valence-corrected chi connectivity index (χ1v) is 14.1. The van der Waals surface area contributed by atoms with Crippen molar-refractivity contribution in [1.29, 1.82) is 0 Å². The van der Waals surface area contributed by atoms with Gasteiger partial charge in [-0.3, -0.25) is 19.6 Å². The standard InChI is InChI=1S/C29H41N9O4/c1-28(2,13-15-30)41-18-14-29(3,4)42-19-17-32-24(39)9-7-10-25(40)34-21-11-12-23(33-20-21)27-37-35-26(36-38-27)22-8-5-6-16-31-22/h5-6,8,11-12,16,20H,7,9-10,13-15,17-19,30H2,1-4H3,(H,32,39)(H,34,40). The summed E-state index contributed by atoms with van der Waals surface area (Å²) >= 11 is 0. The van der Waals surface area contributed by atoms with Gasteiger partial charge in [0.15, 0.2) is 0 Å². The Bertz CT molecular complexity index is 1250. The van der Waals surface area contributed by atoms with Crippen molar-refractivity contribution in [3.05, 3.63) is 42.7 Å². The van der Waals surface area contributed by atoms with E-state index in [9.17, 15) is 9.59 Å². The van der Waals surface area contributed by atoms with Crippen LogP contribution in [0.5, 0.6) is 0 Å². The number of hydrogen-bond acceptors (Lipinski definition) is 11. The molecule has 13 nitrogen and oxygen atoms in total. The lowest BCUT2D eigenvalue weighted by Crippen LogP contribution is -2.34. The predicted molar refractivity (Wildman–Crippen MR) is 158 cm³/mol. The van der Waals surface area contributed by atoms with Crippen LogP contribution in [0.3, 0.4) is 0 Å². The van der Waals surface area contributed by atoms with E-state index in [0.29, 0.717) is 55.6 Å². The maximum atomic E-state index is 12.3. The lowest BCUT2D eigenvalue weighted by molar-refractivity contribution is -0.122. The van der Waals surface area contributed by atoms with Crippen LogP contribution in [0, 0.1) is 0 Å². The average Bonchev–Trinajstić information content (AvgIpc) is 2.96. The molecule has 3 aromatic rings. The number of carbonyl (C=O) groups is 2. The van der Waals surface area contributed by atoms with Crippen molar-refractivity contribution in [2.24, 2.45) is 5.73 Å². The summed E-state index contributed by atoms with van der Waals surface area (Å²) in [6.07, 6.45) is 5.52. The van der Waals surface area contributed by atoms with Gasteiger partial charge < -0.3 is 25.8 Å². The van der Waals surface area contributed by atoms with Crippen LogP contribution in [0.15, 0.2) is 42.7 Å². The van der Waals surface area contributed by atoms with Gasteiger partial charge in [-0.25, -0.2) is 0 Å². The fourth-order valence-electron chi connectivity index (χ4n) is 3.83. The van der Waals surface area contributed by atoms with Gasteiger partial charge in [-0.1, -0.05) is 6.07 Å². The summed E-state index contributed by atoms with van der Waals surface area (Å²) in [5, 5.41) is 21.9. The largest absolute Gasteiger partial charge is 0.375 e. The fraction of sp³-hybridized carbons (Fsp3) is 0.517. The lowest BCUT2D eigenvalue weighted by Gasteiger charge is -2.29. The Balaban J connectivity index is 1.30. The van der Waals surface area contributed by atoms with E-state index in [1.807, 2.05) is 33.8 Å². The topological polar surface area (TPSA) is 180 Å². The minimum Gasteiger partial charge on any atom is -0.375 e. The third-order valence-electron chi connectivity index (χ3n) is 6.32. The highest BCUT2D eigenvalue weighted by molar-refractivity contribution is 5.91. The van der Waals surface area contributed by atoms with Crippen molar-refractivity contribution >= 4 is 17.5 Å². The smallest absolute Gasteiger partial charge is 0.224 e. The Morgan fingerprint density at radius 1 is 0.810 bits per heavy atom. The Kier molecular flexibility index (Phi) is 12.3. The van der Waals surface area contributed by atoms with Crippen LogP contribution < -0.4 is 16.4 Å². The molecule has 0 radical (unpaired) electrons. The van der Waals surface area contributed by atoms with E-state index in [1.54, 1.807) is 30.5 Å². The highest BCUT2D eigenvalue weighted by Crippen LogP contribution is 2.19. The molecule has 0 atom stereocenters. The highest BCUT2D eigenvalue weighted by atomic mass is 16.5. The number of anilines is 1. The molecular formula is C29H41N9O4. The molecule has 3 rings (SSSR count). The van der Waals surface area contributed by atoms with Gasteiger partial charge in [0.25, 0.3) is 0 Å². The number of nitrogens with two attached hydrogens (primary N) is 1. The van der Waals surface area contributed by atoms with Crippen molar-refractivity contribution in [2.45, 2.75) is 71.0 Å². The SMILES string of the molecule is CC(C)(CCN)OCCC(C)(C)OCCNC(=O)CCCC(=O)Nc1ccc(-c2nnc(-c3ccccn3)nn2)nc1. The Labute approximate surface area is 246 Å². The van der Waals surface area contributed by atoms with Gasteiger partial charge >= 0.3 is 0 Å². The zero-order valence-corrected chi connectivity index (χ0v) is 24.8. The highest BCUT2D eigenvalue weighted by Gasteiger charge is 2.22. The predicted octanol–water partition coefficient (Wildman–Crippen LogP) is 2.94. The summed E-state index contributed by atoms with van der Waals surface area (Å²) in [7, 11) is 0. The van der Waals surface area contributed by atoms with Gasteiger partial charge in [0.1, 0.15) is 11.4 Å². The van der Waals surface area contributed by atoms with E-state index in [2.05, 4.69) is 41.0 Å². The van der Waals surface area contributed by atoms with E-state index in [0.717, 1.165) is 12.8 Å². The Morgan fingerprint density at radius 3 is 2.07 bits per heavy atom. The van der Waals surface area contributed by atoms with Gasteiger partial charge in [-0.15, -0.1) is 20.4 Å². The average molecular weight is 580 g/mol. The second-order valence-corrected chi connectivity index (χ2v) is 11.0. The van der Waals surface area contributed by atoms with Gasteiger partial charge in [-0.05, 0) is 77.8 Å². The summed E-state index contributed by atoms with van der Waals surface area (Å²) in [5.74, 6) is 0.232. The third kappa shape index (κ3) is 11.5. The molecule has 42 heavy (non-hydrogen) atoms. The number of nitrogens with one attached hydrogen (secondary N) is 2. The molecule has 0 unspecified atom stereocenters. The number of carbonyl (C=O) groups excluding carboxylic acids is 2. The number of rotatable bonds is 17. The monoisotopic (exact) mass is 579 g/mol. The van der Waals surface area contributed by atoms with E-state index >= 15 is 0 Å². The van der Waals surface area contributed by atoms with E-state index in [-0.39, 0.29) is 41.7 Å². The number of amides is 2. The number of hydrogen-bond donors (Lipinski definition) is 3. The molecule has 0 saturated carbocycles. The summed E-state index contributed by atoms with van der Waals surface area (Å²) in [5.41, 5.74) is 6.55. The molecule has 2 amide bonds. The summed E-state index contributed by atoms with van der Waals surface area (Å²) in [6, 6.07) is 8.75. The molecule has 3 heterocycles. The number of ether oxygens (including phenoxy) is 2. The summed E-state index contributed by atoms with van der Waals surface area (Å²) in [4.78, 5) is 32.9. The number of nitrogens with zero attached hydrogens (tertiary/aromatic N) is 6. The van der Waals surface area contributed by atoms with Gasteiger partial charge in [0.05, 0.1) is 36.3 Å². The molecule has 0 fully saturated rings. The molecule has 0 saturated heterocycles. The maximum Gasteiger partial charge on any atom is 0.224 e. The van der Waals surface area contributed by atoms with E-state index in [1.165, 1.54) is 6.20 Å². The molecule has 0 aliphatic carbocycles. The van der Waals surface area contributed by atoms with Crippen LogP contribution in [0.2, 0.25) is 0 Å². The molecular weight excluding hydrogens is 538 g/mol. The first kappa shape index (κ1) is 32.6. The van der Waals surface area contributed by atoms with Crippen molar-refractivity contribution in [3.8, 4) is 23.0 Å². The Hall–Kier alpha value is -3.94. The zero-order chi connectivity index (χ0) is 30.4. The molecule has 4 N–H and O–H groups in total. The van der Waals surface area contributed by atoms with Gasteiger partial charge in [0.2, 0.25) is 23.5 Å². The minimum absolute atomic E-state index is 0.127. The van der Waals surface area contributed by atoms with Crippen LogP contribution in [0.25, 0.3) is 23.0 Å². The first-order chi connectivity index (χ1) is 20.1. The molecule has 0 bridgehead atoms. The number of aromatic nitrogens is 6. The van der Waals surface area contributed by atoms with Crippen LogP contribution in [-0.4, -0.2) is 79.7 Å². The molecule has 0 aromatic carbocycles.